The highest BCUT2D eigenvalue weighted by molar-refractivity contribution is 6.27. The minimum Gasteiger partial charge on any atom is -0.473 e. The second-order valence-corrected chi connectivity index (χ2v) is 11.7. The summed E-state index contributed by atoms with van der Waals surface area (Å²) >= 11 is 0. The molecule has 36 heavy (non-hydrogen) atoms. The average molecular weight is 515 g/mol. The van der Waals surface area contributed by atoms with Crippen LogP contribution in [-0.2, 0) is 19.1 Å². The maximum atomic E-state index is 11.8. The molecule has 12 heteroatoms. The smallest absolute Gasteiger partial charge is 0.414 e. The number of carboxylic acid groups (broad SMARTS) is 2. The maximum Gasteiger partial charge on any atom is 0.414 e. The van der Waals surface area contributed by atoms with Crippen LogP contribution >= 0.6 is 0 Å². The molecule has 12 nitrogen and oxygen atoms in total. The van der Waals surface area contributed by atoms with Gasteiger partial charge in [0.15, 0.2) is 0 Å². The molecule has 0 aliphatic carbocycles. The van der Waals surface area contributed by atoms with E-state index in [9.17, 15) is 9.59 Å². The standard InChI is InChI=1S/2C11H20N2O2.C2H2O4/c2*1-11(2,3)15-10(14)13-6-8-4-12-5-9(8)7-13;3-1(4)2(5)6/h2*8-9,12H,4-7H2,1-3H3;(H,3,4)(H,5,6)/t2*8-,9-;/m00./s1. The van der Waals surface area contributed by atoms with E-state index in [0.29, 0.717) is 23.7 Å². The zero-order chi connectivity index (χ0) is 27.3. The van der Waals surface area contributed by atoms with Gasteiger partial charge in [0.2, 0.25) is 0 Å². The second-order valence-electron chi connectivity index (χ2n) is 11.7. The van der Waals surface area contributed by atoms with Crippen molar-refractivity contribution >= 4 is 24.1 Å². The molecule has 4 fully saturated rings. The van der Waals surface area contributed by atoms with E-state index in [1.54, 1.807) is 0 Å². The number of carboxylic acids is 2. The van der Waals surface area contributed by atoms with E-state index < -0.39 is 11.9 Å². The Morgan fingerprint density at radius 3 is 1.06 bits per heavy atom. The van der Waals surface area contributed by atoms with E-state index in [1.807, 2.05) is 51.3 Å². The van der Waals surface area contributed by atoms with Gasteiger partial charge in [-0.05, 0) is 65.2 Å². The summed E-state index contributed by atoms with van der Waals surface area (Å²) in [6.07, 6.45) is -0.311. The van der Waals surface area contributed by atoms with Gasteiger partial charge in [0, 0.05) is 52.4 Å². The third-order valence-electron chi connectivity index (χ3n) is 6.27. The molecular weight excluding hydrogens is 472 g/mol. The predicted octanol–water partition coefficient (Wildman–Crippen LogP) is 1.30. The predicted molar refractivity (Wildman–Crippen MR) is 131 cm³/mol. The fourth-order valence-electron chi connectivity index (χ4n) is 4.66. The van der Waals surface area contributed by atoms with Crippen LogP contribution in [0.5, 0.6) is 0 Å². The monoisotopic (exact) mass is 514 g/mol. The van der Waals surface area contributed by atoms with Crippen molar-refractivity contribution in [2.75, 3.05) is 52.4 Å². The number of aliphatic carboxylic acids is 2. The minimum atomic E-state index is -1.82. The largest absolute Gasteiger partial charge is 0.473 e. The molecule has 4 atom stereocenters. The Balaban J connectivity index is 0.000000208. The molecule has 0 radical (unpaired) electrons. The zero-order valence-corrected chi connectivity index (χ0v) is 22.2. The first-order valence-electron chi connectivity index (χ1n) is 12.4. The van der Waals surface area contributed by atoms with Crippen molar-refractivity contribution in [3.63, 3.8) is 0 Å². The fourth-order valence-corrected chi connectivity index (χ4v) is 4.66. The zero-order valence-electron chi connectivity index (χ0n) is 22.2. The van der Waals surface area contributed by atoms with Crippen molar-refractivity contribution in [1.82, 2.24) is 20.4 Å². The lowest BCUT2D eigenvalue weighted by Crippen LogP contribution is -2.37. The van der Waals surface area contributed by atoms with E-state index in [-0.39, 0.29) is 23.4 Å². The minimum absolute atomic E-state index is 0.156. The molecule has 4 heterocycles. The molecule has 0 unspecified atom stereocenters. The van der Waals surface area contributed by atoms with Gasteiger partial charge in [0.25, 0.3) is 0 Å². The lowest BCUT2D eigenvalue weighted by molar-refractivity contribution is -0.159. The number of amides is 2. The lowest BCUT2D eigenvalue weighted by atomic mass is 10.0. The topological polar surface area (TPSA) is 158 Å². The molecule has 0 spiro atoms. The third-order valence-corrected chi connectivity index (χ3v) is 6.27. The van der Waals surface area contributed by atoms with Crippen molar-refractivity contribution in [1.29, 1.82) is 0 Å². The summed E-state index contributed by atoms with van der Waals surface area (Å²) in [6, 6.07) is 0. The summed E-state index contributed by atoms with van der Waals surface area (Å²) in [4.78, 5) is 45.4. The van der Waals surface area contributed by atoms with E-state index in [2.05, 4.69) is 10.6 Å². The Hall–Kier alpha value is -2.60. The molecule has 206 valence electrons. The molecule has 4 aliphatic rings. The molecule has 4 aliphatic heterocycles. The highest BCUT2D eigenvalue weighted by Gasteiger charge is 2.40. The van der Waals surface area contributed by atoms with Gasteiger partial charge in [-0.15, -0.1) is 0 Å². The first kappa shape index (κ1) is 29.6. The van der Waals surface area contributed by atoms with Crippen molar-refractivity contribution in [2.24, 2.45) is 23.7 Å². The number of rotatable bonds is 0. The van der Waals surface area contributed by atoms with Gasteiger partial charge in [-0.1, -0.05) is 0 Å². The normalized spacial score (nSPS) is 26.6. The van der Waals surface area contributed by atoms with Crippen molar-refractivity contribution in [3.05, 3.63) is 0 Å². The Kier molecular flexibility index (Phi) is 9.95. The van der Waals surface area contributed by atoms with Gasteiger partial charge in [-0.3, -0.25) is 0 Å². The number of carbonyl (C=O) groups excluding carboxylic acids is 2. The quantitative estimate of drug-likeness (QED) is 0.347. The second kappa shape index (κ2) is 12.1. The molecular formula is C24H42N4O8. The Morgan fingerprint density at radius 2 is 0.861 bits per heavy atom. The van der Waals surface area contributed by atoms with Crippen LogP contribution in [0.2, 0.25) is 0 Å². The van der Waals surface area contributed by atoms with Gasteiger partial charge in [0.1, 0.15) is 11.2 Å². The number of nitrogens with one attached hydrogen (secondary N) is 2. The molecule has 0 aromatic carbocycles. The number of fused-ring (bicyclic) bond motifs is 2. The first-order chi connectivity index (χ1) is 16.6. The van der Waals surface area contributed by atoms with Crippen molar-refractivity contribution < 1.29 is 38.9 Å². The van der Waals surface area contributed by atoms with Crippen LogP contribution < -0.4 is 10.6 Å². The van der Waals surface area contributed by atoms with Crippen molar-refractivity contribution in [3.8, 4) is 0 Å². The van der Waals surface area contributed by atoms with Crippen LogP contribution in [0, 0.1) is 23.7 Å². The third kappa shape index (κ3) is 9.45. The van der Waals surface area contributed by atoms with Gasteiger partial charge in [-0.25, -0.2) is 19.2 Å². The van der Waals surface area contributed by atoms with E-state index >= 15 is 0 Å². The van der Waals surface area contributed by atoms with Crippen LogP contribution in [0.25, 0.3) is 0 Å². The lowest BCUT2D eigenvalue weighted by Gasteiger charge is -2.24. The Bertz CT molecular complexity index is 717. The summed E-state index contributed by atoms with van der Waals surface area (Å²) < 4.78 is 10.7. The molecule has 2 amide bonds. The van der Waals surface area contributed by atoms with Crippen molar-refractivity contribution in [2.45, 2.75) is 52.7 Å². The molecule has 4 rings (SSSR count). The summed E-state index contributed by atoms with van der Waals surface area (Å²) in [5.41, 5.74) is -0.764. The molecule has 0 aromatic heterocycles. The maximum absolute atomic E-state index is 11.8. The summed E-state index contributed by atoms with van der Waals surface area (Å²) in [5.74, 6) is -1.10. The highest BCUT2D eigenvalue weighted by atomic mass is 16.6. The molecule has 4 N–H and O–H groups in total. The van der Waals surface area contributed by atoms with Crippen LogP contribution in [0.3, 0.4) is 0 Å². The highest BCUT2D eigenvalue weighted by Crippen LogP contribution is 2.28. The van der Waals surface area contributed by atoms with Gasteiger partial charge in [0.05, 0.1) is 0 Å². The number of nitrogens with zero attached hydrogens (tertiary/aromatic N) is 2. The molecule has 0 aromatic rings. The molecule has 0 saturated carbocycles. The summed E-state index contributed by atoms with van der Waals surface area (Å²) in [7, 11) is 0. The number of hydrogen-bond donors (Lipinski definition) is 4. The van der Waals surface area contributed by atoms with Crippen LogP contribution in [-0.4, -0.2) is 108 Å². The van der Waals surface area contributed by atoms with E-state index in [1.165, 1.54) is 0 Å². The number of hydrogen-bond acceptors (Lipinski definition) is 8. The molecule has 4 saturated heterocycles. The molecule has 0 bridgehead atoms. The van der Waals surface area contributed by atoms with Gasteiger partial charge in [-0.2, -0.15) is 0 Å². The van der Waals surface area contributed by atoms with E-state index in [4.69, 9.17) is 29.3 Å². The van der Waals surface area contributed by atoms with E-state index in [0.717, 1.165) is 52.4 Å². The average Bonchev–Trinajstić information content (AvgIpc) is 3.46. The fraction of sp³-hybridized carbons (Fsp3) is 0.833. The van der Waals surface area contributed by atoms with Crippen LogP contribution in [0.15, 0.2) is 0 Å². The summed E-state index contributed by atoms with van der Waals surface area (Å²) in [6.45, 7) is 19.0. The number of likely N-dealkylation sites (tertiary alicyclic amines) is 2. The van der Waals surface area contributed by atoms with Crippen LogP contribution in [0.1, 0.15) is 41.5 Å². The van der Waals surface area contributed by atoms with Gasteiger partial charge >= 0.3 is 24.1 Å². The SMILES string of the molecule is CC(C)(C)OC(=O)N1C[C@@H]2CNC[C@H]2C1.CC(C)(C)OC(=O)N1C[C@@H]2CNC[C@H]2C1.O=C(O)C(=O)O. The Morgan fingerprint density at radius 1 is 0.611 bits per heavy atom. The van der Waals surface area contributed by atoms with Gasteiger partial charge < -0.3 is 40.1 Å². The Labute approximate surface area is 212 Å². The summed E-state index contributed by atoms with van der Waals surface area (Å²) in [5, 5.41) is 21.5. The number of carbonyl (C=O) groups is 4. The first-order valence-corrected chi connectivity index (χ1v) is 12.4. The number of ether oxygens (including phenoxy) is 2. The van der Waals surface area contributed by atoms with Crippen LogP contribution in [0.4, 0.5) is 9.59 Å².